The van der Waals surface area contributed by atoms with Crippen molar-refractivity contribution in [3.63, 3.8) is 0 Å². The third-order valence-electron chi connectivity index (χ3n) is 3.77. The summed E-state index contributed by atoms with van der Waals surface area (Å²) in [5.74, 6) is -2.82. The maximum atomic E-state index is 13.4. The van der Waals surface area contributed by atoms with Gasteiger partial charge in [0.25, 0.3) is 0 Å². The molecule has 1 N–H and O–H groups in total. The molecule has 1 aromatic carbocycles. The number of nitrogens with one attached hydrogen (secondary N) is 1. The van der Waals surface area contributed by atoms with Gasteiger partial charge in [-0.15, -0.1) is 0 Å². The largest absolute Gasteiger partial charge is 0.376 e. The van der Waals surface area contributed by atoms with E-state index in [9.17, 15) is 22.0 Å². The number of halogens is 2. The Bertz CT molecular complexity index is 705. The second kappa shape index (κ2) is 7.43. The maximum Gasteiger partial charge on any atom is 0.243 e. The summed E-state index contributed by atoms with van der Waals surface area (Å²) in [6, 6.07) is 1.56. The van der Waals surface area contributed by atoms with Crippen LogP contribution in [0.25, 0.3) is 0 Å². The van der Waals surface area contributed by atoms with Gasteiger partial charge in [0.05, 0.1) is 18.0 Å². The van der Waals surface area contributed by atoms with Crippen molar-refractivity contribution in [1.29, 1.82) is 0 Å². The highest BCUT2D eigenvalue weighted by Gasteiger charge is 2.30. The van der Waals surface area contributed by atoms with Crippen molar-refractivity contribution in [3.05, 3.63) is 29.8 Å². The summed E-state index contributed by atoms with van der Waals surface area (Å²) >= 11 is 0. The van der Waals surface area contributed by atoms with Crippen molar-refractivity contribution in [2.24, 2.45) is 0 Å². The number of hydrogen-bond donors (Lipinski definition) is 1. The monoisotopic (exact) mass is 362 g/mol. The second-order valence-corrected chi connectivity index (χ2v) is 7.57. The molecule has 0 bridgehead atoms. The highest BCUT2D eigenvalue weighted by molar-refractivity contribution is 7.92. The molecule has 6 nitrogen and oxygen atoms in total. The first-order valence-electron chi connectivity index (χ1n) is 7.54. The van der Waals surface area contributed by atoms with E-state index >= 15 is 0 Å². The number of hydrogen-bond acceptors (Lipinski definition) is 4. The average molecular weight is 362 g/mol. The zero-order valence-electron chi connectivity index (χ0n) is 13.5. The number of sulfonamides is 1. The molecule has 1 saturated heterocycles. The number of carbonyl (C=O) groups excluding carboxylic acids is 1. The Labute approximate surface area is 139 Å². The van der Waals surface area contributed by atoms with Crippen LogP contribution in [0.5, 0.6) is 0 Å². The van der Waals surface area contributed by atoms with E-state index in [-0.39, 0.29) is 18.3 Å². The van der Waals surface area contributed by atoms with E-state index in [1.807, 2.05) is 0 Å². The van der Waals surface area contributed by atoms with Gasteiger partial charge in [0.1, 0.15) is 6.04 Å². The molecule has 1 aliphatic heterocycles. The summed E-state index contributed by atoms with van der Waals surface area (Å²) in [6.45, 7) is 2.30. The van der Waals surface area contributed by atoms with Crippen LogP contribution >= 0.6 is 0 Å². The first kappa shape index (κ1) is 18.6. The highest BCUT2D eigenvalue weighted by Crippen LogP contribution is 2.23. The third-order valence-corrected chi connectivity index (χ3v) is 5.02. The number of anilines is 1. The molecular weight excluding hydrogens is 342 g/mol. The molecule has 1 amide bonds. The van der Waals surface area contributed by atoms with E-state index in [0.717, 1.165) is 41.6 Å². The fourth-order valence-electron chi connectivity index (χ4n) is 2.60. The lowest BCUT2D eigenvalue weighted by Gasteiger charge is -2.28. The molecule has 9 heteroatoms. The average Bonchev–Trinajstić information content (AvgIpc) is 3.00. The Morgan fingerprint density at radius 1 is 1.42 bits per heavy atom. The van der Waals surface area contributed by atoms with Crippen LogP contribution in [0, 0.1) is 11.6 Å². The van der Waals surface area contributed by atoms with Gasteiger partial charge in [0.15, 0.2) is 11.6 Å². The van der Waals surface area contributed by atoms with E-state index in [4.69, 9.17) is 4.74 Å². The van der Waals surface area contributed by atoms with Crippen molar-refractivity contribution in [2.45, 2.75) is 31.9 Å². The smallest absolute Gasteiger partial charge is 0.243 e. The number of amides is 1. The third kappa shape index (κ3) is 4.41. The predicted octanol–water partition coefficient (Wildman–Crippen LogP) is 1.41. The normalized spacial score (nSPS) is 19.1. The van der Waals surface area contributed by atoms with Gasteiger partial charge >= 0.3 is 0 Å². The van der Waals surface area contributed by atoms with E-state index in [1.165, 1.54) is 6.92 Å². The fourth-order valence-corrected chi connectivity index (χ4v) is 3.77. The van der Waals surface area contributed by atoms with Crippen LogP contribution in [0.4, 0.5) is 14.5 Å². The molecule has 0 saturated carbocycles. The Balaban J connectivity index is 2.17. The standard InChI is InChI=1S/C15H20F2N2O4S/c1-10(15(20)18-9-12-4-3-7-23-12)19(24(2,21)22)11-5-6-13(16)14(17)8-11/h5-6,8,10,12H,3-4,7,9H2,1-2H3,(H,18,20)/t10-,12+/m1/s1. The van der Waals surface area contributed by atoms with Crippen LogP contribution in [0.1, 0.15) is 19.8 Å². The Kier molecular flexibility index (Phi) is 5.76. The van der Waals surface area contributed by atoms with Crippen molar-refractivity contribution in [2.75, 3.05) is 23.7 Å². The molecule has 1 fully saturated rings. The van der Waals surface area contributed by atoms with Crippen LogP contribution in [0.15, 0.2) is 18.2 Å². The molecular formula is C15H20F2N2O4S. The molecule has 0 spiro atoms. The Morgan fingerprint density at radius 2 is 2.12 bits per heavy atom. The first-order valence-corrected chi connectivity index (χ1v) is 9.38. The molecule has 134 valence electrons. The quantitative estimate of drug-likeness (QED) is 0.830. The van der Waals surface area contributed by atoms with Crippen molar-refractivity contribution < 1.29 is 26.7 Å². The van der Waals surface area contributed by atoms with Crippen molar-refractivity contribution in [1.82, 2.24) is 5.32 Å². The molecule has 2 atom stereocenters. The summed E-state index contributed by atoms with van der Waals surface area (Å²) in [5, 5.41) is 2.63. The zero-order valence-corrected chi connectivity index (χ0v) is 14.3. The minimum atomic E-state index is -3.88. The second-order valence-electron chi connectivity index (χ2n) is 5.71. The minimum absolute atomic E-state index is 0.0869. The lowest BCUT2D eigenvalue weighted by atomic mass is 10.2. The molecule has 1 aromatic rings. The minimum Gasteiger partial charge on any atom is -0.376 e. The van der Waals surface area contributed by atoms with Crippen LogP contribution in [0.3, 0.4) is 0 Å². The number of carbonyl (C=O) groups is 1. The topological polar surface area (TPSA) is 75.7 Å². The fraction of sp³-hybridized carbons (Fsp3) is 0.533. The summed E-state index contributed by atoms with van der Waals surface area (Å²) in [7, 11) is -3.88. The van der Waals surface area contributed by atoms with E-state index in [1.54, 1.807) is 0 Å². The number of nitrogens with zero attached hydrogens (tertiary/aromatic N) is 1. The van der Waals surface area contributed by atoms with Crippen LogP contribution in [0.2, 0.25) is 0 Å². The number of ether oxygens (including phenoxy) is 1. The van der Waals surface area contributed by atoms with E-state index in [2.05, 4.69) is 5.32 Å². The van der Waals surface area contributed by atoms with Gasteiger partial charge in [-0.05, 0) is 31.9 Å². The van der Waals surface area contributed by atoms with Gasteiger partial charge in [0.2, 0.25) is 15.9 Å². The summed E-state index contributed by atoms with van der Waals surface area (Å²) < 4.78 is 56.7. The van der Waals surface area contributed by atoms with Crippen molar-refractivity contribution >= 4 is 21.6 Å². The SMILES string of the molecule is C[C@H](C(=O)NC[C@@H]1CCCO1)N(c1ccc(F)c(F)c1)S(C)(=O)=O. The molecule has 0 unspecified atom stereocenters. The number of benzene rings is 1. The van der Waals surface area contributed by atoms with Gasteiger partial charge < -0.3 is 10.1 Å². The summed E-state index contributed by atoms with van der Waals surface area (Å²) in [6.07, 6.45) is 2.56. The molecule has 0 radical (unpaired) electrons. The molecule has 0 aromatic heterocycles. The predicted molar refractivity (Wildman–Crippen MR) is 85.1 cm³/mol. The zero-order chi connectivity index (χ0) is 17.9. The van der Waals surface area contributed by atoms with Gasteiger partial charge in [-0.25, -0.2) is 17.2 Å². The molecule has 1 aliphatic rings. The van der Waals surface area contributed by atoms with Crippen LogP contribution < -0.4 is 9.62 Å². The summed E-state index contributed by atoms with van der Waals surface area (Å²) in [5.41, 5.74) is -0.115. The lowest BCUT2D eigenvalue weighted by molar-refractivity contribution is -0.122. The Hall–Kier alpha value is -1.74. The molecule has 1 heterocycles. The Morgan fingerprint density at radius 3 is 2.67 bits per heavy atom. The molecule has 2 rings (SSSR count). The summed E-state index contributed by atoms with van der Waals surface area (Å²) in [4.78, 5) is 12.3. The van der Waals surface area contributed by atoms with Gasteiger partial charge in [-0.2, -0.15) is 0 Å². The van der Waals surface area contributed by atoms with Crippen molar-refractivity contribution in [3.8, 4) is 0 Å². The lowest BCUT2D eigenvalue weighted by Crippen LogP contribution is -2.49. The van der Waals surface area contributed by atoms with Crippen LogP contribution in [-0.4, -0.2) is 45.9 Å². The van der Waals surface area contributed by atoms with E-state index < -0.39 is 33.6 Å². The molecule has 24 heavy (non-hydrogen) atoms. The van der Waals surface area contributed by atoms with E-state index in [0.29, 0.717) is 6.61 Å². The van der Waals surface area contributed by atoms with Crippen LogP contribution in [-0.2, 0) is 19.6 Å². The highest BCUT2D eigenvalue weighted by atomic mass is 32.2. The molecule has 0 aliphatic carbocycles. The maximum absolute atomic E-state index is 13.4. The first-order chi connectivity index (χ1) is 11.2. The van der Waals surface area contributed by atoms with Gasteiger partial charge in [-0.1, -0.05) is 0 Å². The number of rotatable bonds is 6. The van der Waals surface area contributed by atoms with Gasteiger partial charge in [0, 0.05) is 19.2 Å². The van der Waals surface area contributed by atoms with Gasteiger partial charge in [-0.3, -0.25) is 9.10 Å².